The van der Waals surface area contributed by atoms with Crippen LogP contribution in [0.1, 0.15) is 18.1 Å². The molecule has 2 N–H and O–H groups in total. The van der Waals surface area contributed by atoms with Gasteiger partial charge in [0, 0.05) is 12.6 Å². The molecule has 0 aliphatic rings. The van der Waals surface area contributed by atoms with Crippen LogP contribution in [0.15, 0.2) is 24.3 Å². The summed E-state index contributed by atoms with van der Waals surface area (Å²) in [4.78, 5) is 0. The van der Waals surface area contributed by atoms with Gasteiger partial charge in [-0.3, -0.25) is 0 Å². The molecule has 0 aliphatic heterocycles. The van der Waals surface area contributed by atoms with Gasteiger partial charge in [0.25, 0.3) is 0 Å². The number of halogens is 3. The fourth-order valence-corrected chi connectivity index (χ4v) is 1.61. The Morgan fingerprint density at radius 2 is 2.06 bits per heavy atom. The Morgan fingerprint density at radius 1 is 1.35 bits per heavy atom. The predicted octanol–water partition coefficient (Wildman–Crippen LogP) is 2.22. The Labute approximate surface area is 98.5 Å². The maximum atomic E-state index is 12.5. The summed E-state index contributed by atoms with van der Waals surface area (Å²) in [6.45, 7) is 2.34. The van der Waals surface area contributed by atoms with E-state index in [0.717, 1.165) is 12.1 Å². The van der Waals surface area contributed by atoms with Crippen molar-refractivity contribution in [1.82, 2.24) is 5.32 Å². The molecule has 1 aromatic rings. The van der Waals surface area contributed by atoms with Gasteiger partial charge in [-0.05, 0) is 25.0 Å². The van der Waals surface area contributed by atoms with E-state index < -0.39 is 11.7 Å². The Hall–Kier alpha value is -1.07. The fourth-order valence-electron chi connectivity index (χ4n) is 1.61. The Morgan fingerprint density at radius 3 is 2.65 bits per heavy atom. The third kappa shape index (κ3) is 4.75. The van der Waals surface area contributed by atoms with E-state index in [1.54, 1.807) is 6.07 Å². The third-order valence-electron chi connectivity index (χ3n) is 2.40. The molecule has 96 valence electrons. The number of aliphatic hydroxyl groups excluding tert-OH is 1. The van der Waals surface area contributed by atoms with Crippen LogP contribution in [0.2, 0.25) is 0 Å². The average Bonchev–Trinajstić information content (AvgIpc) is 2.25. The van der Waals surface area contributed by atoms with Gasteiger partial charge in [0.05, 0.1) is 12.2 Å². The number of nitrogens with one attached hydrogen (secondary N) is 1. The highest BCUT2D eigenvalue weighted by atomic mass is 19.4. The lowest BCUT2D eigenvalue weighted by Crippen LogP contribution is -2.30. The van der Waals surface area contributed by atoms with Crippen LogP contribution < -0.4 is 5.32 Å². The quantitative estimate of drug-likeness (QED) is 0.836. The van der Waals surface area contributed by atoms with Crippen molar-refractivity contribution in [2.45, 2.75) is 25.6 Å². The molecule has 0 saturated heterocycles. The minimum absolute atomic E-state index is 0.0208. The average molecular weight is 247 g/mol. The lowest BCUT2D eigenvalue weighted by molar-refractivity contribution is -0.137. The number of alkyl halides is 3. The van der Waals surface area contributed by atoms with Gasteiger partial charge < -0.3 is 10.4 Å². The molecule has 0 unspecified atom stereocenters. The van der Waals surface area contributed by atoms with Crippen molar-refractivity contribution in [2.24, 2.45) is 0 Å². The molecule has 0 saturated carbocycles. The minimum atomic E-state index is -4.29. The normalized spacial score (nSPS) is 13.7. The third-order valence-corrected chi connectivity index (χ3v) is 2.40. The molecule has 0 aromatic heterocycles. The highest BCUT2D eigenvalue weighted by Crippen LogP contribution is 2.29. The van der Waals surface area contributed by atoms with Crippen LogP contribution in [0.3, 0.4) is 0 Å². The lowest BCUT2D eigenvalue weighted by Gasteiger charge is -2.14. The van der Waals surface area contributed by atoms with Crippen molar-refractivity contribution >= 4 is 0 Å². The first kappa shape index (κ1) is 14.0. The molecular weight excluding hydrogens is 231 g/mol. The Bertz CT molecular complexity index is 352. The van der Waals surface area contributed by atoms with Crippen molar-refractivity contribution in [3.63, 3.8) is 0 Å². The van der Waals surface area contributed by atoms with Crippen LogP contribution >= 0.6 is 0 Å². The molecule has 0 spiro atoms. The second kappa shape index (κ2) is 6.02. The molecule has 1 atom stereocenters. The second-order valence-electron chi connectivity index (χ2n) is 3.98. The largest absolute Gasteiger partial charge is 0.416 e. The molecule has 1 rings (SSSR count). The first-order valence-electron chi connectivity index (χ1n) is 5.44. The molecule has 1 aromatic carbocycles. The van der Waals surface area contributed by atoms with Gasteiger partial charge in [-0.15, -0.1) is 0 Å². The highest BCUT2D eigenvalue weighted by molar-refractivity contribution is 5.26. The maximum Gasteiger partial charge on any atom is 0.416 e. The first-order chi connectivity index (χ1) is 7.93. The monoisotopic (exact) mass is 247 g/mol. The summed E-state index contributed by atoms with van der Waals surface area (Å²) in [5, 5.41) is 11.6. The zero-order valence-electron chi connectivity index (χ0n) is 9.59. The summed E-state index contributed by atoms with van der Waals surface area (Å²) < 4.78 is 37.4. The van der Waals surface area contributed by atoms with Gasteiger partial charge in [-0.2, -0.15) is 13.2 Å². The number of aliphatic hydroxyl groups is 1. The summed E-state index contributed by atoms with van der Waals surface area (Å²) in [6, 6.07) is 5.35. The molecule has 0 fully saturated rings. The summed E-state index contributed by atoms with van der Waals surface area (Å²) in [5.41, 5.74) is 0.0159. The molecular formula is C12H16F3NO. The van der Waals surface area contributed by atoms with Gasteiger partial charge in [0.2, 0.25) is 0 Å². The Balaban J connectivity index is 2.66. The summed E-state index contributed by atoms with van der Waals surface area (Å²) in [6.07, 6.45) is -3.79. The number of hydrogen-bond donors (Lipinski definition) is 2. The first-order valence-corrected chi connectivity index (χ1v) is 5.44. The number of hydrogen-bond acceptors (Lipinski definition) is 2. The van der Waals surface area contributed by atoms with E-state index in [0.29, 0.717) is 18.5 Å². The van der Waals surface area contributed by atoms with Crippen molar-refractivity contribution < 1.29 is 18.3 Å². The van der Waals surface area contributed by atoms with Crippen LogP contribution in [0.5, 0.6) is 0 Å². The molecule has 0 heterocycles. The predicted molar refractivity (Wildman–Crippen MR) is 59.7 cm³/mol. The SMILES string of the molecule is C[C@@H](Cc1cccc(C(F)(F)F)c1)NCCO. The van der Waals surface area contributed by atoms with E-state index in [-0.39, 0.29) is 12.6 Å². The van der Waals surface area contributed by atoms with Crippen molar-refractivity contribution in [3.8, 4) is 0 Å². The van der Waals surface area contributed by atoms with Gasteiger partial charge in [-0.25, -0.2) is 0 Å². The highest BCUT2D eigenvalue weighted by Gasteiger charge is 2.30. The van der Waals surface area contributed by atoms with Crippen LogP contribution in [0.4, 0.5) is 13.2 Å². The van der Waals surface area contributed by atoms with E-state index in [1.807, 2.05) is 6.92 Å². The molecule has 5 heteroatoms. The second-order valence-corrected chi connectivity index (χ2v) is 3.98. The molecule has 0 amide bonds. The smallest absolute Gasteiger partial charge is 0.395 e. The van der Waals surface area contributed by atoms with Gasteiger partial charge in [0.1, 0.15) is 0 Å². The topological polar surface area (TPSA) is 32.3 Å². The zero-order chi connectivity index (χ0) is 12.9. The fraction of sp³-hybridized carbons (Fsp3) is 0.500. The van der Waals surface area contributed by atoms with E-state index in [9.17, 15) is 13.2 Å². The maximum absolute atomic E-state index is 12.5. The van der Waals surface area contributed by atoms with Crippen LogP contribution in [0, 0.1) is 0 Å². The van der Waals surface area contributed by atoms with Crippen LogP contribution in [0.25, 0.3) is 0 Å². The van der Waals surface area contributed by atoms with Gasteiger partial charge in [0.15, 0.2) is 0 Å². The lowest BCUT2D eigenvalue weighted by atomic mass is 10.0. The van der Waals surface area contributed by atoms with E-state index in [4.69, 9.17) is 5.11 Å². The van der Waals surface area contributed by atoms with Crippen LogP contribution in [-0.4, -0.2) is 24.3 Å². The summed E-state index contributed by atoms with van der Waals surface area (Å²) >= 11 is 0. The number of benzene rings is 1. The van der Waals surface area contributed by atoms with Gasteiger partial charge >= 0.3 is 6.18 Å². The standard InChI is InChI=1S/C12H16F3NO/c1-9(16-5-6-17)7-10-3-2-4-11(8-10)12(13,14)15/h2-4,8-9,16-17H,5-7H2,1H3/t9-/m0/s1. The van der Waals surface area contributed by atoms with Crippen molar-refractivity contribution in [3.05, 3.63) is 35.4 Å². The molecule has 0 radical (unpaired) electrons. The molecule has 17 heavy (non-hydrogen) atoms. The van der Waals surface area contributed by atoms with Crippen molar-refractivity contribution in [2.75, 3.05) is 13.2 Å². The van der Waals surface area contributed by atoms with Gasteiger partial charge in [-0.1, -0.05) is 18.2 Å². The summed E-state index contributed by atoms with van der Waals surface area (Å²) in [7, 11) is 0. The Kier molecular flexibility index (Phi) is 4.96. The van der Waals surface area contributed by atoms with Crippen LogP contribution in [-0.2, 0) is 12.6 Å². The van der Waals surface area contributed by atoms with E-state index in [1.165, 1.54) is 6.07 Å². The number of rotatable bonds is 5. The minimum Gasteiger partial charge on any atom is -0.395 e. The zero-order valence-corrected chi connectivity index (χ0v) is 9.59. The van der Waals surface area contributed by atoms with Crippen molar-refractivity contribution in [1.29, 1.82) is 0 Å². The van der Waals surface area contributed by atoms with E-state index >= 15 is 0 Å². The molecule has 0 bridgehead atoms. The molecule has 2 nitrogen and oxygen atoms in total. The molecule has 0 aliphatic carbocycles. The van der Waals surface area contributed by atoms with E-state index in [2.05, 4.69) is 5.32 Å². The summed E-state index contributed by atoms with van der Waals surface area (Å²) in [5.74, 6) is 0.